The molecule has 1 aromatic carbocycles. The van der Waals surface area contributed by atoms with Gasteiger partial charge in [-0.2, -0.15) is 0 Å². The van der Waals surface area contributed by atoms with Crippen molar-refractivity contribution in [2.45, 2.75) is 38.1 Å². The largest absolute Gasteiger partial charge is 0.316 e. The van der Waals surface area contributed by atoms with Crippen LogP contribution in [0.3, 0.4) is 0 Å². The zero-order valence-electron chi connectivity index (χ0n) is 11.1. The molecule has 98 valence electrons. The van der Waals surface area contributed by atoms with Crippen LogP contribution in [0.25, 0.3) is 0 Å². The number of piperidine rings is 1. The predicted molar refractivity (Wildman–Crippen MR) is 75.7 cm³/mol. The van der Waals surface area contributed by atoms with E-state index in [0.717, 1.165) is 5.92 Å². The molecule has 1 aliphatic heterocycles. The molecular weight excluding hydrogens is 220 g/mol. The molecular formula is C16H24N2. The van der Waals surface area contributed by atoms with Crippen LogP contribution in [0.15, 0.2) is 24.3 Å². The van der Waals surface area contributed by atoms with Crippen LogP contribution in [-0.4, -0.2) is 19.6 Å². The molecule has 2 heteroatoms. The summed E-state index contributed by atoms with van der Waals surface area (Å²) in [4.78, 5) is 0. The summed E-state index contributed by atoms with van der Waals surface area (Å²) in [5.41, 5.74) is 3.11. The number of benzene rings is 1. The highest BCUT2D eigenvalue weighted by Crippen LogP contribution is 2.29. The van der Waals surface area contributed by atoms with Gasteiger partial charge in [-0.3, -0.25) is 0 Å². The van der Waals surface area contributed by atoms with Gasteiger partial charge in [0, 0.05) is 6.04 Å². The molecule has 1 fully saturated rings. The average Bonchev–Trinajstić information content (AvgIpc) is 2.46. The zero-order valence-corrected chi connectivity index (χ0v) is 11.1. The SMILES string of the molecule is c1ccc2c(c1)CCCC2NCC1CCCNC1. The van der Waals surface area contributed by atoms with Gasteiger partial charge in [0.25, 0.3) is 0 Å². The maximum Gasteiger partial charge on any atom is 0.0323 e. The Labute approximate surface area is 110 Å². The normalized spacial score (nSPS) is 27.8. The molecule has 1 aromatic rings. The Morgan fingerprint density at radius 3 is 3.00 bits per heavy atom. The Hall–Kier alpha value is -0.860. The van der Waals surface area contributed by atoms with E-state index < -0.39 is 0 Å². The lowest BCUT2D eigenvalue weighted by Gasteiger charge is -2.30. The van der Waals surface area contributed by atoms with Crippen LogP contribution in [0.4, 0.5) is 0 Å². The standard InChI is InChI=1S/C16H24N2/c1-2-8-15-14(6-1)7-3-9-16(15)18-12-13-5-4-10-17-11-13/h1-2,6,8,13,16-18H,3-5,7,9-12H2. The fraction of sp³-hybridized carbons (Fsp3) is 0.625. The van der Waals surface area contributed by atoms with E-state index in [1.165, 1.54) is 51.7 Å². The minimum absolute atomic E-state index is 0.594. The third kappa shape index (κ3) is 2.76. The molecule has 1 heterocycles. The van der Waals surface area contributed by atoms with E-state index >= 15 is 0 Å². The quantitative estimate of drug-likeness (QED) is 0.854. The van der Waals surface area contributed by atoms with Gasteiger partial charge < -0.3 is 10.6 Å². The monoisotopic (exact) mass is 244 g/mol. The van der Waals surface area contributed by atoms with Gasteiger partial charge in [-0.15, -0.1) is 0 Å². The van der Waals surface area contributed by atoms with Crippen LogP contribution in [0.2, 0.25) is 0 Å². The van der Waals surface area contributed by atoms with Crippen molar-refractivity contribution in [1.29, 1.82) is 0 Å². The Bertz CT molecular complexity index is 382. The van der Waals surface area contributed by atoms with E-state index in [1.54, 1.807) is 11.1 Å². The summed E-state index contributed by atoms with van der Waals surface area (Å²) in [6.45, 7) is 3.58. The van der Waals surface area contributed by atoms with Gasteiger partial charge in [0.15, 0.2) is 0 Å². The van der Waals surface area contributed by atoms with Crippen LogP contribution >= 0.6 is 0 Å². The summed E-state index contributed by atoms with van der Waals surface area (Å²) < 4.78 is 0. The van der Waals surface area contributed by atoms with Crippen molar-refractivity contribution in [3.05, 3.63) is 35.4 Å². The van der Waals surface area contributed by atoms with E-state index in [-0.39, 0.29) is 0 Å². The smallest absolute Gasteiger partial charge is 0.0323 e. The molecule has 2 nitrogen and oxygen atoms in total. The lowest BCUT2D eigenvalue weighted by molar-refractivity contribution is 0.334. The van der Waals surface area contributed by atoms with E-state index in [2.05, 4.69) is 34.9 Å². The van der Waals surface area contributed by atoms with Crippen molar-refractivity contribution in [2.75, 3.05) is 19.6 Å². The summed E-state index contributed by atoms with van der Waals surface area (Å²) in [6, 6.07) is 9.56. The summed E-state index contributed by atoms with van der Waals surface area (Å²) in [7, 11) is 0. The Morgan fingerprint density at radius 2 is 2.11 bits per heavy atom. The first-order valence-corrected chi connectivity index (χ1v) is 7.45. The summed E-state index contributed by atoms with van der Waals surface area (Å²) >= 11 is 0. The molecule has 0 aromatic heterocycles. The van der Waals surface area contributed by atoms with Crippen LogP contribution in [0, 0.1) is 5.92 Å². The molecule has 0 spiro atoms. The van der Waals surface area contributed by atoms with Crippen molar-refractivity contribution in [3.63, 3.8) is 0 Å². The maximum atomic E-state index is 3.81. The molecule has 3 rings (SSSR count). The number of fused-ring (bicyclic) bond motifs is 1. The molecule has 0 bridgehead atoms. The van der Waals surface area contributed by atoms with E-state index in [4.69, 9.17) is 0 Å². The molecule has 0 saturated carbocycles. The van der Waals surface area contributed by atoms with Gasteiger partial charge in [0.2, 0.25) is 0 Å². The molecule has 1 aliphatic carbocycles. The van der Waals surface area contributed by atoms with Crippen molar-refractivity contribution < 1.29 is 0 Å². The second-order valence-electron chi connectivity index (χ2n) is 5.76. The average molecular weight is 244 g/mol. The molecule has 0 radical (unpaired) electrons. The minimum atomic E-state index is 0.594. The number of nitrogens with one attached hydrogen (secondary N) is 2. The first kappa shape index (κ1) is 12.2. The van der Waals surface area contributed by atoms with E-state index in [1.807, 2.05) is 0 Å². The molecule has 2 aliphatic rings. The minimum Gasteiger partial charge on any atom is -0.316 e. The number of hydrogen-bond acceptors (Lipinski definition) is 2. The van der Waals surface area contributed by atoms with E-state index in [9.17, 15) is 0 Å². The lowest BCUT2D eigenvalue weighted by Crippen LogP contribution is -2.37. The van der Waals surface area contributed by atoms with Crippen LogP contribution < -0.4 is 10.6 Å². The number of aryl methyl sites for hydroxylation is 1. The van der Waals surface area contributed by atoms with Crippen molar-refractivity contribution in [2.24, 2.45) is 5.92 Å². The first-order valence-electron chi connectivity index (χ1n) is 7.45. The van der Waals surface area contributed by atoms with Crippen LogP contribution in [0.5, 0.6) is 0 Å². The maximum absolute atomic E-state index is 3.81. The molecule has 0 amide bonds. The third-order valence-electron chi connectivity index (χ3n) is 4.42. The third-order valence-corrected chi connectivity index (χ3v) is 4.42. The topological polar surface area (TPSA) is 24.1 Å². The fourth-order valence-electron chi connectivity index (χ4n) is 3.37. The van der Waals surface area contributed by atoms with Crippen molar-refractivity contribution in [3.8, 4) is 0 Å². The van der Waals surface area contributed by atoms with Gasteiger partial charge in [0.05, 0.1) is 0 Å². The van der Waals surface area contributed by atoms with Gasteiger partial charge in [-0.1, -0.05) is 24.3 Å². The van der Waals surface area contributed by atoms with Crippen molar-refractivity contribution >= 4 is 0 Å². The fourth-order valence-corrected chi connectivity index (χ4v) is 3.37. The number of hydrogen-bond donors (Lipinski definition) is 2. The zero-order chi connectivity index (χ0) is 12.2. The van der Waals surface area contributed by atoms with Crippen LogP contribution in [0.1, 0.15) is 42.9 Å². The molecule has 1 saturated heterocycles. The van der Waals surface area contributed by atoms with Gasteiger partial charge >= 0.3 is 0 Å². The molecule has 2 N–H and O–H groups in total. The highest BCUT2D eigenvalue weighted by atomic mass is 14.9. The molecule has 2 atom stereocenters. The second-order valence-corrected chi connectivity index (χ2v) is 5.76. The highest BCUT2D eigenvalue weighted by molar-refractivity contribution is 5.32. The summed E-state index contributed by atoms with van der Waals surface area (Å²) in [5.74, 6) is 0.827. The lowest BCUT2D eigenvalue weighted by atomic mass is 9.87. The number of rotatable bonds is 3. The van der Waals surface area contributed by atoms with Gasteiger partial charge in [-0.05, 0) is 68.8 Å². The first-order chi connectivity index (χ1) is 8.93. The molecule has 2 unspecified atom stereocenters. The van der Waals surface area contributed by atoms with E-state index in [0.29, 0.717) is 6.04 Å². The summed E-state index contributed by atoms with van der Waals surface area (Å²) in [5, 5.41) is 7.31. The second kappa shape index (κ2) is 5.85. The van der Waals surface area contributed by atoms with Gasteiger partial charge in [0.1, 0.15) is 0 Å². The highest BCUT2D eigenvalue weighted by Gasteiger charge is 2.21. The Balaban J connectivity index is 1.60. The molecule has 18 heavy (non-hydrogen) atoms. The van der Waals surface area contributed by atoms with Crippen LogP contribution in [-0.2, 0) is 6.42 Å². The summed E-state index contributed by atoms with van der Waals surface area (Å²) in [6.07, 6.45) is 6.62. The Morgan fingerprint density at radius 1 is 1.17 bits per heavy atom. The Kier molecular flexibility index (Phi) is 3.96. The van der Waals surface area contributed by atoms with Crippen molar-refractivity contribution in [1.82, 2.24) is 10.6 Å². The van der Waals surface area contributed by atoms with Gasteiger partial charge in [-0.25, -0.2) is 0 Å². The predicted octanol–water partition coefficient (Wildman–Crippen LogP) is 2.65.